The molecule has 0 aromatic heterocycles. The molecule has 0 unspecified atom stereocenters. The Morgan fingerprint density at radius 1 is 0.565 bits per heavy atom. The predicted molar refractivity (Wildman–Crippen MR) is 236 cm³/mol. The highest BCUT2D eigenvalue weighted by Gasteiger charge is 2.32. The number of nitrogens with one attached hydrogen (secondary N) is 6. The van der Waals surface area contributed by atoms with Gasteiger partial charge in [0, 0.05) is 25.7 Å². The summed E-state index contributed by atoms with van der Waals surface area (Å²) in [4.78, 5) is 116. The zero-order valence-corrected chi connectivity index (χ0v) is 35.6. The van der Waals surface area contributed by atoms with Crippen molar-refractivity contribution in [3.8, 4) is 0 Å². The van der Waals surface area contributed by atoms with Crippen LogP contribution in [0.4, 0.5) is 0 Å². The van der Waals surface area contributed by atoms with E-state index in [-0.39, 0.29) is 58.3 Å². The molecule has 0 aliphatic carbocycles. The topological polar surface area (TPSA) is 330 Å². The van der Waals surface area contributed by atoms with E-state index < -0.39 is 96.0 Å². The Balaban J connectivity index is 0.0000192. The first-order chi connectivity index (χ1) is 28.9. The van der Waals surface area contributed by atoms with Crippen molar-refractivity contribution in [2.45, 2.75) is 109 Å². The molecule has 0 saturated carbocycles. The Morgan fingerprint density at radius 2 is 1.02 bits per heavy atom. The second kappa shape index (κ2) is 28.5. The maximum absolute atomic E-state index is 14.1. The number of primary amides is 3. The average Bonchev–Trinajstić information content (AvgIpc) is 3.21. The van der Waals surface area contributed by atoms with Crippen LogP contribution in [0.5, 0.6) is 0 Å². The normalized spacial score (nSPS) is 13.6. The zero-order valence-electron chi connectivity index (χ0n) is 34.8. The summed E-state index contributed by atoms with van der Waals surface area (Å²) in [5.74, 6) is -6.19. The van der Waals surface area contributed by atoms with Crippen LogP contribution < -0.4 is 54.8 Å². The van der Waals surface area contributed by atoms with Crippen molar-refractivity contribution in [2.75, 3.05) is 18.6 Å². The number of nitrogens with two attached hydrogens (primary N) is 4. The molecule has 0 fully saturated rings. The van der Waals surface area contributed by atoms with Crippen molar-refractivity contribution >= 4 is 64.9 Å². The Hall–Kier alpha value is -6.02. The summed E-state index contributed by atoms with van der Waals surface area (Å²) < 4.78 is 0. The highest BCUT2D eigenvalue weighted by Crippen LogP contribution is 2.10. The van der Waals surface area contributed by atoms with E-state index in [4.69, 9.17) is 22.9 Å². The van der Waals surface area contributed by atoms with E-state index in [9.17, 15) is 43.2 Å². The molecule has 0 heterocycles. The largest absolute Gasteiger partial charge is 0.370 e. The summed E-state index contributed by atoms with van der Waals surface area (Å²) in [6.07, 6.45) is 1.40. The van der Waals surface area contributed by atoms with Crippen LogP contribution in [0.15, 0.2) is 60.7 Å². The van der Waals surface area contributed by atoms with E-state index in [1.165, 1.54) is 11.8 Å². The van der Waals surface area contributed by atoms with E-state index in [1.807, 2.05) is 20.1 Å². The van der Waals surface area contributed by atoms with Crippen LogP contribution in [-0.4, -0.2) is 108 Å². The van der Waals surface area contributed by atoms with Gasteiger partial charge in [0.05, 0.1) is 12.6 Å². The fraction of sp³-hybridized carbons (Fsp3) is 0.500. The lowest BCUT2D eigenvalue weighted by Crippen LogP contribution is -2.59. The van der Waals surface area contributed by atoms with Gasteiger partial charge < -0.3 is 54.8 Å². The number of rotatable bonds is 28. The quantitative estimate of drug-likeness (QED) is 0.0484. The number of carbonyl (C=O) groups excluding carboxylic acids is 9. The van der Waals surface area contributed by atoms with E-state index in [2.05, 4.69) is 31.9 Å². The molecule has 2 rings (SSSR count). The van der Waals surface area contributed by atoms with Crippen LogP contribution in [0.2, 0.25) is 0 Å². The van der Waals surface area contributed by atoms with Gasteiger partial charge in [-0.05, 0) is 54.7 Å². The highest BCUT2D eigenvalue weighted by molar-refractivity contribution is 7.98. The van der Waals surface area contributed by atoms with Gasteiger partial charge in [0.2, 0.25) is 53.2 Å². The van der Waals surface area contributed by atoms with Gasteiger partial charge in [-0.1, -0.05) is 81.9 Å². The number of benzene rings is 2. The number of carbonyl (C=O) groups is 9. The molecule has 342 valence electrons. The maximum Gasteiger partial charge on any atom is 0.243 e. The Bertz CT molecular complexity index is 1800. The van der Waals surface area contributed by atoms with Crippen LogP contribution in [0.3, 0.4) is 0 Å². The minimum absolute atomic E-state index is 0. The number of hydrogen-bond donors (Lipinski definition) is 10. The lowest BCUT2D eigenvalue weighted by Gasteiger charge is -2.26. The fourth-order valence-corrected chi connectivity index (χ4v) is 6.43. The molecule has 20 heteroatoms. The van der Waals surface area contributed by atoms with Crippen molar-refractivity contribution in [2.24, 2.45) is 28.9 Å². The first-order valence-electron chi connectivity index (χ1n) is 19.9. The molecule has 2 aromatic rings. The van der Waals surface area contributed by atoms with Gasteiger partial charge >= 0.3 is 0 Å². The molecule has 6 atom stereocenters. The molecule has 2 aromatic carbocycles. The number of amides is 9. The molecule has 62 heavy (non-hydrogen) atoms. The molecule has 9 amide bonds. The number of thioether (sulfide) groups is 1. The molecule has 0 radical (unpaired) electrons. The lowest BCUT2D eigenvalue weighted by atomic mass is 10.0. The molecule has 0 aliphatic heterocycles. The molecular weight excluding hydrogens is 821 g/mol. The summed E-state index contributed by atoms with van der Waals surface area (Å²) in [5.41, 5.74) is 23.2. The second-order valence-corrected chi connectivity index (χ2v) is 15.9. The van der Waals surface area contributed by atoms with Gasteiger partial charge in [-0.15, -0.1) is 0 Å². The summed E-state index contributed by atoms with van der Waals surface area (Å²) in [5, 5.41) is 15.5. The first kappa shape index (κ1) is 54.0. The summed E-state index contributed by atoms with van der Waals surface area (Å²) >= 11 is 1.48. The summed E-state index contributed by atoms with van der Waals surface area (Å²) in [7, 11) is 0. The van der Waals surface area contributed by atoms with Gasteiger partial charge in [-0.2, -0.15) is 11.8 Å². The average molecular weight is 885 g/mol. The second-order valence-electron chi connectivity index (χ2n) is 14.9. The van der Waals surface area contributed by atoms with Crippen molar-refractivity contribution in [1.29, 1.82) is 0 Å². The zero-order chi connectivity index (χ0) is 45.5. The van der Waals surface area contributed by atoms with Crippen LogP contribution in [-0.2, 0) is 56.0 Å². The minimum atomic E-state index is -1.38. The van der Waals surface area contributed by atoms with E-state index in [1.54, 1.807) is 60.7 Å². The molecule has 0 saturated heterocycles. The Labute approximate surface area is 367 Å². The van der Waals surface area contributed by atoms with Crippen LogP contribution in [0, 0.1) is 5.92 Å². The van der Waals surface area contributed by atoms with Crippen molar-refractivity contribution in [3.05, 3.63) is 71.8 Å². The molecule has 0 spiro atoms. The van der Waals surface area contributed by atoms with Crippen molar-refractivity contribution in [3.63, 3.8) is 0 Å². The first-order valence-corrected chi connectivity index (χ1v) is 21.3. The predicted octanol–water partition coefficient (Wildman–Crippen LogP) is -1.21. The van der Waals surface area contributed by atoms with Crippen LogP contribution in [0.1, 0.15) is 70.9 Å². The standard InChI is InChI=1S/C41H60N10O9S.CH4/c1-24(2)20-30(40(59)48-28(36(45)55)18-19-61-3)47-35(54)23-46-38(57)31(21-25-10-6-4-7-11-25)50-41(60)32(22-26-12-8-5-9-13-26)51-39(58)29(15-17-34(44)53)49-37(56)27(42)14-16-33(43)52;/h4-13,24,27-32H,14-23,42H2,1-3H3,(H2,43,52)(H2,44,53)(H2,45,55)(H,46,57)(H,47,54)(H,48,59)(H,49,56)(H,50,60)(H,51,58);1H4/t27-,28-,29-,30-,31-,32-;/m0./s1. The van der Waals surface area contributed by atoms with E-state index >= 15 is 0 Å². The van der Waals surface area contributed by atoms with Gasteiger partial charge in [0.15, 0.2) is 0 Å². The van der Waals surface area contributed by atoms with Gasteiger partial charge in [-0.25, -0.2) is 0 Å². The van der Waals surface area contributed by atoms with Crippen LogP contribution >= 0.6 is 11.8 Å². The van der Waals surface area contributed by atoms with Crippen molar-refractivity contribution < 1.29 is 43.2 Å². The van der Waals surface area contributed by atoms with Gasteiger partial charge in [-0.3, -0.25) is 43.2 Å². The minimum Gasteiger partial charge on any atom is -0.370 e. The lowest BCUT2D eigenvalue weighted by molar-refractivity contribution is -0.134. The monoisotopic (exact) mass is 884 g/mol. The maximum atomic E-state index is 14.1. The molecule has 14 N–H and O–H groups in total. The van der Waals surface area contributed by atoms with Gasteiger partial charge in [0.25, 0.3) is 0 Å². The third-order valence-corrected chi connectivity index (χ3v) is 9.88. The van der Waals surface area contributed by atoms with Crippen LogP contribution in [0.25, 0.3) is 0 Å². The molecule has 0 aliphatic rings. The molecule has 0 bridgehead atoms. The third-order valence-electron chi connectivity index (χ3n) is 9.23. The summed E-state index contributed by atoms with van der Waals surface area (Å²) in [6, 6.07) is 10.1. The molecule has 19 nitrogen and oxygen atoms in total. The Kier molecular flexibility index (Phi) is 24.8. The van der Waals surface area contributed by atoms with E-state index in [0.29, 0.717) is 23.3 Å². The summed E-state index contributed by atoms with van der Waals surface area (Å²) in [6.45, 7) is 3.11. The molecular formula is C42H64N10O9S. The third kappa shape index (κ3) is 21.0. The smallest absolute Gasteiger partial charge is 0.243 e. The fourth-order valence-electron chi connectivity index (χ4n) is 5.96. The van der Waals surface area contributed by atoms with Crippen molar-refractivity contribution in [1.82, 2.24) is 31.9 Å². The number of hydrogen-bond acceptors (Lipinski definition) is 11. The van der Waals surface area contributed by atoms with E-state index in [0.717, 1.165) is 0 Å². The van der Waals surface area contributed by atoms with Gasteiger partial charge in [0.1, 0.15) is 30.2 Å². The highest BCUT2D eigenvalue weighted by atomic mass is 32.2. The Morgan fingerprint density at radius 3 is 1.50 bits per heavy atom. The SMILES string of the molecule is C.CSCC[C@H](NC(=O)[C@H](CC(C)C)NC(=O)CNC(=O)[C@H](Cc1ccccc1)NC(=O)[C@H](Cc1ccccc1)NC(=O)[C@H](CCC(N)=O)NC(=O)[C@@H](N)CCC(N)=O)C(N)=O.